The van der Waals surface area contributed by atoms with Gasteiger partial charge in [-0.2, -0.15) is 0 Å². The van der Waals surface area contributed by atoms with Gasteiger partial charge in [0.2, 0.25) is 0 Å². The monoisotopic (exact) mass is 293 g/mol. The number of nitrogens with zero attached hydrogens (tertiary/aromatic N) is 1. The Balaban J connectivity index is 2.64. The first-order valence-electron chi connectivity index (χ1n) is 4.46. The van der Waals surface area contributed by atoms with Crippen molar-refractivity contribution in [2.75, 3.05) is 0 Å². The van der Waals surface area contributed by atoms with Gasteiger partial charge in [0, 0.05) is 11.6 Å². The second-order valence-corrected chi connectivity index (χ2v) is 4.39. The normalized spacial score (nSPS) is 10.6. The van der Waals surface area contributed by atoms with Crippen molar-refractivity contribution in [3.05, 3.63) is 51.1 Å². The van der Waals surface area contributed by atoms with Gasteiger partial charge in [0.1, 0.15) is 16.8 Å². The Labute approximate surface area is 111 Å². The molecular formula is C11H4Cl3F2N. The minimum Gasteiger partial charge on any atom is -0.233 e. The Morgan fingerprint density at radius 3 is 2.29 bits per heavy atom. The van der Waals surface area contributed by atoms with Crippen molar-refractivity contribution in [3.63, 3.8) is 0 Å². The van der Waals surface area contributed by atoms with Crippen LogP contribution in [0, 0.1) is 11.6 Å². The van der Waals surface area contributed by atoms with Crippen molar-refractivity contribution in [2.24, 2.45) is 0 Å². The van der Waals surface area contributed by atoms with Gasteiger partial charge in [-0.1, -0.05) is 34.8 Å². The topological polar surface area (TPSA) is 12.9 Å². The average molecular weight is 295 g/mol. The minimum atomic E-state index is -0.766. The fourth-order valence-corrected chi connectivity index (χ4v) is 1.91. The first-order chi connectivity index (χ1) is 7.99. The Bertz CT molecular complexity index is 587. The van der Waals surface area contributed by atoms with Crippen LogP contribution in [0.1, 0.15) is 0 Å². The summed E-state index contributed by atoms with van der Waals surface area (Å²) in [5.41, 5.74) is 0.188. The number of halogens is 5. The molecule has 2 rings (SSSR count). The molecule has 1 aromatic heterocycles. The smallest absolute Gasteiger partial charge is 0.148 e. The van der Waals surface area contributed by atoms with Crippen LogP contribution in [-0.4, -0.2) is 4.98 Å². The Morgan fingerprint density at radius 2 is 1.65 bits per heavy atom. The molecule has 0 fully saturated rings. The van der Waals surface area contributed by atoms with Gasteiger partial charge in [0.25, 0.3) is 0 Å². The summed E-state index contributed by atoms with van der Waals surface area (Å²) in [7, 11) is 0. The third-order valence-corrected chi connectivity index (χ3v) is 3.03. The highest BCUT2D eigenvalue weighted by Crippen LogP contribution is 2.33. The van der Waals surface area contributed by atoms with Gasteiger partial charge in [0.05, 0.1) is 15.7 Å². The fraction of sp³-hybridized carbons (Fsp3) is 0. The summed E-state index contributed by atoms with van der Waals surface area (Å²) in [6, 6.07) is 4.45. The number of hydrogen-bond acceptors (Lipinski definition) is 1. The molecule has 17 heavy (non-hydrogen) atoms. The molecule has 0 bridgehead atoms. The highest BCUT2D eigenvalue weighted by molar-refractivity contribution is 6.42. The van der Waals surface area contributed by atoms with E-state index in [-0.39, 0.29) is 26.5 Å². The Morgan fingerprint density at radius 1 is 0.941 bits per heavy atom. The van der Waals surface area contributed by atoms with E-state index in [0.29, 0.717) is 0 Å². The molecule has 0 saturated heterocycles. The quantitative estimate of drug-likeness (QED) is 0.675. The number of pyridine rings is 1. The molecule has 0 amide bonds. The number of aromatic nitrogens is 1. The summed E-state index contributed by atoms with van der Waals surface area (Å²) in [5.74, 6) is -1.44. The first-order valence-corrected chi connectivity index (χ1v) is 5.59. The molecule has 2 aromatic rings. The lowest BCUT2D eigenvalue weighted by Gasteiger charge is -2.06. The highest BCUT2D eigenvalue weighted by Gasteiger charge is 2.14. The third kappa shape index (κ3) is 2.51. The Kier molecular flexibility index (Phi) is 3.52. The van der Waals surface area contributed by atoms with E-state index in [1.165, 1.54) is 12.1 Å². The van der Waals surface area contributed by atoms with Gasteiger partial charge in [-0.05, 0) is 18.2 Å². The van der Waals surface area contributed by atoms with Gasteiger partial charge in [0.15, 0.2) is 0 Å². The molecule has 1 nitrogen and oxygen atoms in total. The van der Waals surface area contributed by atoms with E-state index < -0.39 is 11.6 Å². The molecule has 1 aromatic carbocycles. The maximum absolute atomic E-state index is 13.5. The number of rotatable bonds is 1. The van der Waals surface area contributed by atoms with Gasteiger partial charge in [-0.15, -0.1) is 0 Å². The van der Waals surface area contributed by atoms with Crippen LogP contribution < -0.4 is 0 Å². The van der Waals surface area contributed by atoms with Crippen LogP contribution in [0.2, 0.25) is 15.2 Å². The molecule has 0 spiro atoms. The number of benzene rings is 1. The van der Waals surface area contributed by atoms with E-state index in [1.54, 1.807) is 0 Å². The van der Waals surface area contributed by atoms with Crippen LogP contribution in [0.15, 0.2) is 24.3 Å². The molecule has 0 saturated carbocycles. The first kappa shape index (κ1) is 12.6. The van der Waals surface area contributed by atoms with Crippen molar-refractivity contribution in [2.45, 2.75) is 0 Å². The van der Waals surface area contributed by atoms with E-state index in [9.17, 15) is 8.78 Å². The van der Waals surface area contributed by atoms with Gasteiger partial charge in [-0.25, -0.2) is 13.8 Å². The Hall–Kier alpha value is -0.900. The molecular weight excluding hydrogens is 290 g/mol. The lowest BCUT2D eigenvalue weighted by molar-refractivity contribution is 0.585. The fourth-order valence-electron chi connectivity index (χ4n) is 1.31. The van der Waals surface area contributed by atoms with Gasteiger partial charge in [-0.3, -0.25) is 0 Å². The summed E-state index contributed by atoms with van der Waals surface area (Å²) in [6.45, 7) is 0. The van der Waals surface area contributed by atoms with Crippen molar-refractivity contribution in [1.29, 1.82) is 0 Å². The molecule has 0 aliphatic carbocycles. The van der Waals surface area contributed by atoms with Gasteiger partial charge >= 0.3 is 0 Å². The summed E-state index contributed by atoms with van der Waals surface area (Å²) in [5, 5.41) is 0.322. The predicted octanol–water partition coefficient (Wildman–Crippen LogP) is 4.99. The van der Waals surface area contributed by atoms with Crippen LogP contribution in [0.4, 0.5) is 8.78 Å². The second-order valence-electron chi connectivity index (χ2n) is 3.22. The van der Waals surface area contributed by atoms with E-state index in [1.807, 2.05) is 0 Å². The van der Waals surface area contributed by atoms with Crippen LogP contribution in [0.3, 0.4) is 0 Å². The third-order valence-electron chi connectivity index (χ3n) is 2.07. The van der Waals surface area contributed by atoms with E-state index in [2.05, 4.69) is 4.98 Å². The summed E-state index contributed by atoms with van der Waals surface area (Å²) in [6.07, 6.45) is 0. The van der Waals surface area contributed by atoms with E-state index in [0.717, 1.165) is 12.1 Å². The molecule has 1 heterocycles. The summed E-state index contributed by atoms with van der Waals surface area (Å²) < 4.78 is 26.3. The predicted molar refractivity (Wildman–Crippen MR) is 64.6 cm³/mol. The molecule has 6 heteroatoms. The molecule has 88 valence electrons. The number of hydrogen-bond donors (Lipinski definition) is 0. The van der Waals surface area contributed by atoms with Crippen molar-refractivity contribution in [1.82, 2.24) is 4.98 Å². The molecule has 0 aliphatic rings. The zero-order valence-electron chi connectivity index (χ0n) is 8.15. The van der Waals surface area contributed by atoms with Crippen molar-refractivity contribution >= 4 is 34.8 Å². The summed E-state index contributed by atoms with van der Waals surface area (Å²) in [4.78, 5) is 3.87. The molecule has 0 aliphatic heterocycles. The lowest BCUT2D eigenvalue weighted by Crippen LogP contribution is -1.91. The van der Waals surface area contributed by atoms with Crippen molar-refractivity contribution in [3.8, 4) is 11.3 Å². The molecule has 0 radical (unpaired) electrons. The zero-order valence-corrected chi connectivity index (χ0v) is 10.4. The molecule has 0 unspecified atom stereocenters. The minimum absolute atomic E-state index is 0.00907. The van der Waals surface area contributed by atoms with Crippen LogP contribution in [0.5, 0.6) is 0 Å². The van der Waals surface area contributed by atoms with Crippen LogP contribution in [0.25, 0.3) is 11.3 Å². The maximum Gasteiger partial charge on any atom is 0.148 e. The van der Waals surface area contributed by atoms with Crippen molar-refractivity contribution < 1.29 is 8.78 Å². The van der Waals surface area contributed by atoms with Crippen LogP contribution >= 0.6 is 34.8 Å². The lowest BCUT2D eigenvalue weighted by atomic mass is 10.1. The van der Waals surface area contributed by atoms with E-state index in [4.69, 9.17) is 34.8 Å². The standard InChI is InChI=1S/C11H4Cl3F2N/c12-7-4-8(13)11(14)17-10(7)6-2-1-5(15)3-9(6)16/h1-4H. The zero-order chi connectivity index (χ0) is 12.6. The van der Waals surface area contributed by atoms with E-state index >= 15 is 0 Å². The highest BCUT2D eigenvalue weighted by atomic mass is 35.5. The van der Waals surface area contributed by atoms with Gasteiger partial charge < -0.3 is 0 Å². The van der Waals surface area contributed by atoms with Crippen LogP contribution in [-0.2, 0) is 0 Å². The second kappa shape index (κ2) is 4.77. The summed E-state index contributed by atoms with van der Waals surface area (Å²) >= 11 is 17.3. The average Bonchev–Trinajstić information content (AvgIpc) is 2.24. The maximum atomic E-state index is 13.5. The largest absolute Gasteiger partial charge is 0.233 e. The SMILES string of the molecule is Fc1ccc(-c2nc(Cl)c(Cl)cc2Cl)c(F)c1. The molecule has 0 atom stereocenters. The molecule has 0 N–H and O–H groups in total.